The van der Waals surface area contributed by atoms with Crippen LogP contribution < -0.4 is 25.2 Å². The van der Waals surface area contributed by atoms with Crippen LogP contribution in [0.15, 0.2) is 78.9 Å². The number of hydrogen-bond acceptors (Lipinski definition) is 5. The van der Waals surface area contributed by atoms with Crippen LogP contribution in [0, 0.1) is 0 Å². The lowest BCUT2D eigenvalue weighted by atomic mass is 9.68. The van der Waals surface area contributed by atoms with Gasteiger partial charge >= 0.3 is 0 Å². The average Bonchev–Trinajstić information content (AvgIpc) is 2.92. The molecule has 1 aliphatic rings. The van der Waals surface area contributed by atoms with E-state index in [1.807, 2.05) is 42.5 Å². The van der Waals surface area contributed by atoms with Crippen LogP contribution in [-0.4, -0.2) is 34.0 Å². The number of carbonyl (C=O) groups is 1. The topological polar surface area (TPSA) is 123 Å². The molecule has 1 saturated carbocycles. The number of benzene rings is 3. The molecule has 0 aromatic heterocycles. The van der Waals surface area contributed by atoms with Gasteiger partial charge in [0.25, 0.3) is 16.1 Å². The van der Waals surface area contributed by atoms with E-state index in [1.54, 1.807) is 31.4 Å². The lowest BCUT2D eigenvalue weighted by Gasteiger charge is -2.41. The maximum absolute atomic E-state index is 13.0. The molecule has 0 atom stereocenters. The fraction of sp³-hybridized carbons (Fsp3) is 0.321. The summed E-state index contributed by atoms with van der Waals surface area (Å²) in [6, 6.07) is 24.2. The number of hydrogen-bond donors (Lipinski definition) is 4. The van der Waals surface area contributed by atoms with Gasteiger partial charge in [-0.3, -0.25) is 4.79 Å². The van der Waals surface area contributed by atoms with Crippen molar-refractivity contribution in [1.82, 2.24) is 14.8 Å². The molecule has 0 radical (unpaired) electrons. The SMILES string of the molecule is COc1ccccc1C(=O)NC[C@]1(c2ccccc2)CC[C@H](NS(=O)(=O)NCc2ccccc2N)CC1. The molecule has 0 aliphatic heterocycles. The normalized spacial score (nSPS) is 19.8. The largest absolute Gasteiger partial charge is 0.496 e. The van der Waals surface area contributed by atoms with E-state index in [0.29, 0.717) is 36.4 Å². The van der Waals surface area contributed by atoms with Gasteiger partial charge in [-0.1, -0.05) is 60.7 Å². The number of ether oxygens (including phenoxy) is 1. The molecule has 0 heterocycles. The summed E-state index contributed by atoms with van der Waals surface area (Å²) in [6.07, 6.45) is 2.74. The number of anilines is 1. The van der Waals surface area contributed by atoms with Gasteiger partial charge in [0.2, 0.25) is 0 Å². The van der Waals surface area contributed by atoms with Crippen LogP contribution in [0.3, 0.4) is 0 Å². The molecule has 3 aromatic rings. The molecule has 37 heavy (non-hydrogen) atoms. The van der Waals surface area contributed by atoms with E-state index >= 15 is 0 Å². The molecule has 3 aromatic carbocycles. The van der Waals surface area contributed by atoms with Crippen molar-refractivity contribution >= 4 is 21.8 Å². The molecule has 0 unspecified atom stereocenters. The number of nitrogen functional groups attached to an aromatic ring is 1. The zero-order chi connectivity index (χ0) is 26.3. The average molecular weight is 523 g/mol. The Morgan fingerprint density at radius 2 is 1.62 bits per heavy atom. The third-order valence-corrected chi connectivity index (χ3v) is 8.27. The van der Waals surface area contributed by atoms with Gasteiger partial charge in [0.1, 0.15) is 5.75 Å². The van der Waals surface area contributed by atoms with Crippen LogP contribution in [0.1, 0.15) is 47.2 Å². The maximum Gasteiger partial charge on any atom is 0.277 e. The van der Waals surface area contributed by atoms with Crippen molar-refractivity contribution in [3.8, 4) is 5.75 Å². The Kier molecular flexibility index (Phi) is 8.48. The van der Waals surface area contributed by atoms with Gasteiger partial charge in [0.05, 0.1) is 12.7 Å². The molecular formula is C28H34N4O4S. The molecule has 1 amide bonds. The number of amides is 1. The summed E-state index contributed by atoms with van der Waals surface area (Å²) in [5, 5.41) is 3.11. The predicted molar refractivity (Wildman–Crippen MR) is 145 cm³/mol. The number of methoxy groups -OCH3 is 1. The van der Waals surface area contributed by atoms with Crippen LogP contribution in [0.2, 0.25) is 0 Å². The fourth-order valence-electron chi connectivity index (χ4n) is 4.95. The number of rotatable bonds is 10. The van der Waals surface area contributed by atoms with Crippen molar-refractivity contribution in [2.75, 3.05) is 19.4 Å². The van der Waals surface area contributed by atoms with E-state index in [-0.39, 0.29) is 23.9 Å². The third kappa shape index (κ3) is 6.68. The van der Waals surface area contributed by atoms with E-state index in [2.05, 4.69) is 26.9 Å². The van der Waals surface area contributed by atoms with Gasteiger partial charge in [-0.2, -0.15) is 17.9 Å². The van der Waals surface area contributed by atoms with Crippen molar-refractivity contribution in [2.45, 2.75) is 43.7 Å². The molecule has 5 N–H and O–H groups in total. The summed E-state index contributed by atoms with van der Waals surface area (Å²) in [5.74, 6) is 0.330. The van der Waals surface area contributed by atoms with Gasteiger partial charge in [0.15, 0.2) is 0 Å². The standard InChI is InChI=1S/C28H34N4O4S/c1-36-26-14-8-6-12-24(26)27(33)30-20-28(22-10-3-2-4-11-22)17-15-23(16-18-28)32-37(34,35)31-19-21-9-5-7-13-25(21)29/h2-14,23,31-32H,15-20,29H2,1H3,(H,30,33)/t23-,28-. The van der Waals surface area contributed by atoms with Crippen LogP contribution in [0.4, 0.5) is 5.69 Å². The zero-order valence-corrected chi connectivity index (χ0v) is 21.8. The molecule has 1 aliphatic carbocycles. The van der Waals surface area contributed by atoms with Crippen LogP contribution in [0.5, 0.6) is 5.75 Å². The summed E-state index contributed by atoms with van der Waals surface area (Å²) in [7, 11) is -2.16. The molecule has 4 rings (SSSR count). The smallest absolute Gasteiger partial charge is 0.277 e. The van der Waals surface area contributed by atoms with Crippen LogP contribution in [-0.2, 0) is 22.2 Å². The molecule has 0 bridgehead atoms. The van der Waals surface area contributed by atoms with E-state index in [0.717, 1.165) is 24.0 Å². The Morgan fingerprint density at radius 3 is 2.32 bits per heavy atom. The fourth-order valence-corrected chi connectivity index (χ4v) is 6.06. The Labute approximate surface area is 218 Å². The molecule has 9 heteroatoms. The van der Waals surface area contributed by atoms with Crippen molar-refractivity contribution in [3.63, 3.8) is 0 Å². The van der Waals surface area contributed by atoms with E-state index < -0.39 is 10.2 Å². The van der Waals surface area contributed by atoms with Gasteiger partial charge in [-0.05, 0) is 55.0 Å². The molecule has 8 nitrogen and oxygen atoms in total. The number of carbonyl (C=O) groups excluding carboxylic acids is 1. The highest BCUT2D eigenvalue weighted by molar-refractivity contribution is 7.87. The maximum atomic E-state index is 13.0. The minimum absolute atomic E-state index is 0.123. The zero-order valence-electron chi connectivity index (χ0n) is 20.9. The van der Waals surface area contributed by atoms with Crippen molar-refractivity contribution in [1.29, 1.82) is 0 Å². The van der Waals surface area contributed by atoms with Gasteiger partial charge in [-0.15, -0.1) is 0 Å². The molecule has 0 saturated heterocycles. The first-order chi connectivity index (χ1) is 17.8. The minimum Gasteiger partial charge on any atom is -0.496 e. The first-order valence-corrected chi connectivity index (χ1v) is 13.9. The minimum atomic E-state index is -3.71. The second-order valence-corrected chi connectivity index (χ2v) is 11.0. The van der Waals surface area contributed by atoms with Gasteiger partial charge < -0.3 is 15.8 Å². The van der Waals surface area contributed by atoms with Crippen molar-refractivity contribution < 1.29 is 17.9 Å². The summed E-state index contributed by atoms with van der Waals surface area (Å²) in [5.41, 5.74) is 8.53. The second-order valence-electron chi connectivity index (χ2n) is 9.44. The first-order valence-electron chi connectivity index (χ1n) is 12.4. The van der Waals surface area contributed by atoms with E-state index in [1.165, 1.54) is 0 Å². The summed E-state index contributed by atoms with van der Waals surface area (Å²) >= 11 is 0. The monoisotopic (exact) mass is 522 g/mol. The predicted octanol–water partition coefficient (Wildman–Crippen LogP) is 3.51. The van der Waals surface area contributed by atoms with Gasteiger partial charge in [0, 0.05) is 30.2 Å². The molecule has 0 spiro atoms. The Morgan fingerprint density at radius 1 is 0.973 bits per heavy atom. The van der Waals surface area contributed by atoms with Crippen LogP contribution >= 0.6 is 0 Å². The highest BCUT2D eigenvalue weighted by Crippen LogP contribution is 2.39. The number of para-hydroxylation sites is 2. The van der Waals surface area contributed by atoms with Gasteiger partial charge in [-0.25, -0.2) is 0 Å². The Hall–Kier alpha value is -3.40. The number of nitrogens with two attached hydrogens (primary N) is 1. The quantitative estimate of drug-likeness (QED) is 0.304. The lowest BCUT2D eigenvalue weighted by Crippen LogP contribution is -2.49. The van der Waals surface area contributed by atoms with E-state index in [4.69, 9.17) is 10.5 Å². The van der Waals surface area contributed by atoms with Crippen molar-refractivity contribution in [2.24, 2.45) is 0 Å². The first kappa shape index (κ1) is 26.7. The highest BCUT2D eigenvalue weighted by Gasteiger charge is 2.38. The van der Waals surface area contributed by atoms with E-state index in [9.17, 15) is 13.2 Å². The molecular weight excluding hydrogens is 488 g/mol. The Bertz CT molecular complexity index is 1310. The summed E-state index contributed by atoms with van der Waals surface area (Å²) in [6.45, 7) is 0.566. The second kappa shape index (κ2) is 11.8. The Balaban J connectivity index is 1.41. The van der Waals surface area contributed by atoms with Crippen LogP contribution in [0.25, 0.3) is 0 Å². The number of nitrogens with one attached hydrogen (secondary N) is 3. The van der Waals surface area contributed by atoms with Crippen molar-refractivity contribution in [3.05, 3.63) is 95.6 Å². The molecule has 1 fully saturated rings. The summed E-state index contributed by atoms with van der Waals surface area (Å²) < 4.78 is 36.2. The third-order valence-electron chi connectivity index (χ3n) is 7.10. The summed E-state index contributed by atoms with van der Waals surface area (Å²) in [4.78, 5) is 13.0. The lowest BCUT2D eigenvalue weighted by molar-refractivity contribution is 0.0932. The molecule has 196 valence electrons. The highest BCUT2D eigenvalue weighted by atomic mass is 32.2.